The molecule has 0 atom stereocenters. The molecule has 0 unspecified atom stereocenters. The molecule has 1 N–H and O–H groups in total. The van der Waals surface area contributed by atoms with Gasteiger partial charge in [0.2, 0.25) is 10.0 Å². The van der Waals surface area contributed by atoms with E-state index in [1.807, 2.05) is 6.92 Å². The van der Waals surface area contributed by atoms with E-state index >= 15 is 0 Å². The van der Waals surface area contributed by atoms with Gasteiger partial charge in [-0.3, -0.25) is 0 Å². The minimum Gasteiger partial charge on any atom is -0.497 e. The monoisotopic (exact) mass is 284 g/mol. The maximum absolute atomic E-state index is 12.7. The van der Waals surface area contributed by atoms with Crippen LogP contribution in [0, 0.1) is 0 Å². The molecule has 0 saturated carbocycles. The van der Waals surface area contributed by atoms with Gasteiger partial charge >= 0.3 is 0 Å². The van der Waals surface area contributed by atoms with Gasteiger partial charge in [0.25, 0.3) is 0 Å². The highest BCUT2D eigenvalue weighted by Gasteiger charge is 2.34. The third kappa shape index (κ3) is 2.91. The van der Waals surface area contributed by atoms with Gasteiger partial charge in [0.1, 0.15) is 5.75 Å². The lowest BCUT2D eigenvalue weighted by molar-refractivity contribution is 0.242. The second kappa shape index (κ2) is 5.90. The second-order valence-corrected chi connectivity index (χ2v) is 6.50. The van der Waals surface area contributed by atoms with E-state index in [9.17, 15) is 8.42 Å². The van der Waals surface area contributed by atoms with E-state index in [4.69, 9.17) is 4.74 Å². The summed E-state index contributed by atoms with van der Waals surface area (Å²) < 4.78 is 32.0. The number of nitrogens with one attached hydrogen (secondary N) is 1. The van der Waals surface area contributed by atoms with E-state index in [0.717, 1.165) is 19.5 Å². The fourth-order valence-electron chi connectivity index (χ4n) is 2.09. The van der Waals surface area contributed by atoms with Crippen molar-refractivity contribution in [3.05, 3.63) is 24.3 Å². The van der Waals surface area contributed by atoms with Gasteiger partial charge in [-0.2, -0.15) is 4.31 Å². The third-order valence-electron chi connectivity index (χ3n) is 3.26. The Morgan fingerprint density at radius 3 is 2.68 bits per heavy atom. The minimum atomic E-state index is -3.44. The van der Waals surface area contributed by atoms with E-state index in [0.29, 0.717) is 17.2 Å². The van der Waals surface area contributed by atoms with Crippen molar-refractivity contribution < 1.29 is 13.2 Å². The fourth-order valence-corrected chi connectivity index (χ4v) is 3.84. The van der Waals surface area contributed by atoms with Crippen molar-refractivity contribution in [2.75, 3.05) is 26.7 Å². The molecule has 0 bridgehead atoms. The molecule has 6 heteroatoms. The van der Waals surface area contributed by atoms with E-state index in [-0.39, 0.29) is 6.04 Å². The fraction of sp³-hybridized carbons (Fsp3) is 0.538. The maximum atomic E-state index is 12.7. The highest BCUT2D eigenvalue weighted by molar-refractivity contribution is 7.89. The lowest BCUT2D eigenvalue weighted by atomic mass is 10.2. The number of nitrogens with zero attached hydrogens (tertiary/aromatic N) is 1. The van der Waals surface area contributed by atoms with Crippen molar-refractivity contribution in [2.45, 2.75) is 24.3 Å². The van der Waals surface area contributed by atoms with Crippen LogP contribution in [0.25, 0.3) is 0 Å². The first-order chi connectivity index (χ1) is 9.09. The molecule has 2 rings (SSSR count). The van der Waals surface area contributed by atoms with E-state index in [1.54, 1.807) is 28.6 Å². The topological polar surface area (TPSA) is 58.6 Å². The zero-order valence-corrected chi connectivity index (χ0v) is 12.1. The van der Waals surface area contributed by atoms with Crippen LogP contribution in [0.3, 0.4) is 0 Å². The summed E-state index contributed by atoms with van der Waals surface area (Å²) in [6.45, 7) is 3.98. The zero-order valence-electron chi connectivity index (χ0n) is 11.3. The number of rotatable bonds is 6. The summed E-state index contributed by atoms with van der Waals surface area (Å²) in [7, 11) is -1.91. The summed E-state index contributed by atoms with van der Waals surface area (Å²) in [6.07, 6.45) is 0.805. The Labute approximate surface area is 114 Å². The zero-order chi connectivity index (χ0) is 13.9. The lowest BCUT2D eigenvalue weighted by Crippen LogP contribution is -2.58. The number of sulfonamides is 1. The van der Waals surface area contributed by atoms with Crippen LogP contribution in [-0.2, 0) is 10.0 Å². The number of methoxy groups -OCH3 is 1. The molecule has 19 heavy (non-hydrogen) atoms. The average Bonchev–Trinajstić information content (AvgIpc) is 2.36. The van der Waals surface area contributed by atoms with Gasteiger partial charge in [-0.25, -0.2) is 8.42 Å². The predicted molar refractivity (Wildman–Crippen MR) is 73.8 cm³/mol. The quantitative estimate of drug-likeness (QED) is 0.849. The Bertz CT molecular complexity index is 526. The molecule has 1 aromatic rings. The van der Waals surface area contributed by atoms with Crippen LogP contribution in [0.15, 0.2) is 29.2 Å². The number of hydrogen-bond acceptors (Lipinski definition) is 4. The highest BCUT2D eigenvalue weighted by atomic mass is 32.2. The molecule has 1 aliphatic rings. The molecule has 1 aliphatic heterocycles. The molecule has 0 radical (unpaired) electrons. The Balaban J connectivity index is 2.32. The third-order valence-corrected chi connectivity index (χ3v) is 5.21. The molecule has 1 saturated heterocycles. The van der Waals surface area contributed by atoms with Crippen molar-refractivity contribution >= 4 is 10.0 Å². The summed E-state index contributed by atoms with van der Waals surface area (Å²) in [5.74, 6) is 0.559. The van der Waals surface area contributed by atoms with Crippen LogP contribution in [-0.4, -0.2) is 45.5 Å². The second-order valence-electron chi connectivity index (χ2n) is 4.61. The van der Waals surface area contributed by atoms with E-state index < -0.39 is 10.0 Å². The first kappa shape index (κ1) is 14.3. The van der Waals surface area contributed by atoms with Crippen molar-refractivity contribution in [3.63, 3.8) is 0 Å². The van der Waals surface area contributed by atoms with Gasteiger partial charge in [-0.1, -0.05) is 13.0 Å². The summed E-state index contributed by atoms with van der Waals surface area (Å²) in [5.41, 5.74) is 0. The van der Waals surface area contributed by atoms with E-state index in [2.05, 4.69) is 5.32 Å². The Morgan fingerprint density at radius 2 is 2.16 bits per heavy atom. The first-order valence-electron chi connectivity index (χ1n) is 6.46. The van der Waals surface area contributed by atoms with E-state index in [1.165, 1.54) is 7.11 Å². The molecule has 106 valence electrons. The normalized spacial score (nSPS) is 16.4. The molecule has 1 aromatic carbocycles. The lowest BCUT2D eigenvalue weighted by Gasteiger charge is -2.37. The summed E-state index contributed by atoms with van der Waals surface area (Å²) in [6, 6.07) is 6.70. The molecule has 1 fully saturated rings. The van der Waals surface area contributed by atoms with Crippen molar-refractivity contribution in [1.29, 1.82) is 0 Å². The van der Waals surface area contributed by atoms with Crippen molar-refractivity contribution in [1.82, 2.24) is 9.62 Å². The van der Waals surface area contributed by atoms with Crippen molar-refractivity contribution in [2.24, 2.45) is 0 Å². The highest BCUT2D eigenvalue weighted by Crippen LogP contribution is 2.23. The Hall–Kier alpha value is -1.11. The maximum Gasteiger partial charge on any atom is 0.243 e. The van der Waals surface area contributed by atoms with Gasteiger partial charge in [0, 0.05) is 25.7 Å². The Morgan fingerprint density at radius 1 is 1.42 bits per heavy atom. The van der Waals surface area contributed by atoms with Gasteiger partial charge in [-0.05, 0) is 18.6 Å². The minimum absolute atomic E-state index is 0.0659. The molecule has 5 nitrogen and oxygen atoms in total. The summed E-state index contributed by atoms with van der Waals surface area (Å²) in [5, 5.41) is 3.12. The van der Waals surface area contributed by atoms with Gasteiger partial charge in [-0.15, -0.1) is 0 Å². The SMILES string of the molecule is CCCN(C1CNC1)S(=O)(=O)c1cccc(OC)c1. The Kier molecular flexibility index (Phi) is 4.44. The number of ether oxygens (including phenoxy) is 1. The molecule has 0 aromatic heterocycles. The van der Waals surface area contributed by atoms with Gasteiger partial charge < -0.3 is 10.1 Å². The predicted octanol–water partition coefficient (Wildman–Crippen LogP) is 1.07. The molecular weight excluding hydrogens is 264 g/mol. The van der Waals surface area contributed by atoms with Crippen LogP contribution < -0.4 is 10.1 Å². The average molecular weight is 284 g/mol. The van der Waals surface area contributed by atoms with Crippen LogP contribution in [0.5, 0.6) is 5.75 Å². The number of hydrogen-bond donors (Lipinski definition) is 1. The summed E-state index contributed by atoms with van der Waals surface area (Å²) >= 11 is 0. The smallest absolute Gasteiger partial charge is 0.243 e. The summed E-state index contributed by atoms with van der Waals surface area (Å²) in [4.78, 5) is 0.298. The molecule has 0 aliphatic carbocycles. The van der Waals surface area contributed by atoms with Crippen LogP contribution in [0.2, 0.25) is 0 Å². The van der Waals surface area contributed by atoms with Crippen LogP contribution in [0.4, 0.5) is 0 Å². The van der Waals surface area contributed by atoms with Gasteiger partial charge in [0.15, 0.2) is 0 Å². The molecule has 0 amide bonds. The molecular formula is C13H20N2O3S. The van der Waals surface area contributed by atoms with Crippen LogP contribution >= 0.6 is 0 Å². The van der Waals surface area contributed by atoms with Crippen molar-refractivity contribution in [3.8, 4) is 5.75 Å². The van der Waals surface area contributed by atoms with Gasteiger partial charge in [0.05, 0.1) is 18.0 Å². The molecule has 0 spiro atoms. The standard InChI is InChI=1S/C13H20N2O3S/c1-3-7-15(11-9-14-10-11)19(16,17)13-6-4-5-12(8-13)18-2/h4-6,8,11,14H,3,7,9-10H2,1-2H3. The number of benzene rings is 1. The first-order valence-corrected chi connectivity index (χ1v) is 7.90. The van der Waals surface area contributed by atoms with Crippen LogP contribution in [0.1, 0.15) is 13.3 Å². The molecule has 1 heterocycles. The largest absolute Gasteiger partial charge is 0.497 e.